The van der Waals surface area contributed by atoms with Gasteiger partial charge in [0.05, 0.1) is 29.1 Å². The molecular formula is C20H18LiN4O5S. The maximum Gasteiger partial charge on any atom is 0.294 e. The van der Waals surface area contributed by atoms with Crippen LogP contribution in [0.2, 0.25) is 0 Å². The van der Waals surface area contributed by atoms with Crippen molar-refractivity contribution in [1.29, 1.82) is 0 Å². The van der Waals surface area contributed by atoms with Gasteiger partial charge in [-0.3, -0.25) is 4.55 Å². The van der Waals surface area contributed by atoms with E-state index in [2.05, 4.69) is 20.5 Å². The van der Waals surface area contributed by atoms with E-state index >= 15 is 0 Å². The normalized spacial score (nSPS) is 11.6. The van der Waals surface area contributed by atoms with E-state index in [1.54, 1.807) is 49.4 Å². The number of benzene rings is 3. The van der Waals surface area contributed by atoms with Crippen LogP contribution in [0.1, 0.15) is 5.56 Å². The molecule has 0 aromatic heterocycles. The molecule has 0 heterocycles. The van der Waals surface area contributed by atoms with Gasteiger partial charge < -0.3 is 9.84 Å². The summed E-state index contributed by atoms with van der Waals surface area (Å²) in [4.78, 5) is -0.267. The van der Waals surface area contributed by atoms with Gasteiger partial charge in [0.25, 0.3) is 10.1 Å². The smallest absolute Gasteiger partial charge is 0.294 e. The Hall–Kier alpha value is -3.03. The first-order chi connectivity index (χ1) is 14.3. The van der Waals surface area contributed by atoms with Crippen molar-refractivity contribution in [2.24, 2.45) is 20.5 Å². The third-order valence-electron chi connectivity index (χ3n) is 4.01. The largest absolute Gasteiger partial charge is 0.508 e. The van der Waals surface area contributed by atoms with Crippen LogP contribution in [-0.4, -0.2) is 44.0 Å². The number of aromatic hydroxyl groups is 1. The molecular weight excluding hydrogens is 415 g/mol. The molecule has 0 unspecified atom stereocenters. The molecule has 0 aliphatic heterocycles. The van der Waals surface area contributed by atoms with Crippen molar-refractivity contribution in [3.63, 3.8) is 0 Å². The number of hydrogen-bond acceptors (Lipinski definition) is 8. The summed E-state index contributed by atoms with van der Waals surface area (Å²) >= 11 is 0. The minimum absolute atomic E-state index is 0. The molecule has 3 aromatic carbocycles. The second kappa shape index (κ2) is 10.3. The maximum atomic E-state index is 11.2. The Balaban J connectivity index is 0.00000341. The summed E-state index contributed by atoms with van der Waals surface area (Å²) in [5.74, 6) is 0.598. The van der Waals surface area contributed by atoms with Gasteiger partial charge in [-0.2, -0.15) is 23.8 Å². The minimum atomic E-state index is -4.32. The van der Waals surface area contributed by atoms with E-state index < -0.39 is 10.1 Å². The molecule has 0 saturated carbocycles. The number of nitrogens with zero attached hydrogens (tertiary/aromatic N) is 4. The Morgan fingerprint density at radius 2 is 1.45 bits per heavy atom. The van der Waals surface area contributed by atoms with Crippen LogP contribution in [0.5, 0.6) is 11.5 Å². The number of rotatable bonds is 6. The Morgan fingerprint density at radius 1 is 0.839 bits per heavy atom. The van der Waals surface area contributed by atoms with Crippen molar-refractivity contribution in [3.8, 4) is 11.5 Å². The van der Waals surface area contributed by atoms with E-state index in [1.807, 2.05) is 0 Å². The van der Waals surface area contributed by atoms with E-state index in [-0.39, 0.29) is 35.2 Å². The molecule has 0 amide bonds. The first-order valence-electron chi connectivity index (χ1n) is 8.65. The van der Waals surface area contributed by atoms with Gasteiger partial charge in [0.1, 0.15) is 17.2 Å². The molecule has 0 aliphatic carbocycles. The first-order valence-corrected chi connectivity index (χ1v) is 10.1. The van der Waals surface area contributed by atoms with E-state index in [0.29, 0.717) is 28.4 Å². The summed E-state index contributed by atoms with van der Waals surface area (Å²) in [5.41, 5.74) is 2.44. The zero-order valence-corrected chi connectivity index (χ0v) is 17.9. The molecule has 3 aromatic rings. The van der Waals surface area contributed by atoms with Crippen LogP contribution in [0.25, 0.3) is 0 Å². The monoisotopic (exact) mass is 433 g/mol. The number of phenols is 1. The zero-order chi connectivity index (χ0) is 21.7. The van der Waals surface area contributed by atoms with Crippen LogP contribution in [0.15, 0.2) is 86.0 Å². The Bertz CT molecular complexity index is 1250. The summed E-state index contributed by atoms with van der Waals surface area (Å²) < 4.78 is 36.9. The average Bonchev–Trinajstić information content (AvgIpc) is 2.73. The molecule has 0 spiro atoms. The minimum Gasteiger partial charge on any atom is -0.508 e. The predicted octanol–water partition coefficient (Wildman–Crippen LogP) is 5.41. The van der Waals surface area contributed by atoms with E-state index in [9.17, 15) is 13.5 Å². The summed E-state index contributed by atoms with van der Waals surface area (Å²) in [6.07, 6.45) is 0. The van der Waals surface area contributed by atoms with Crippen LogP contribution in [0, 0.1) is 6.92 Å². The summed E-state index contributed by atoms with van der Waals surface area (Å²) in [6, 6.07) is 15.3. The van der Waals surface area contributed by atoms with Crippen molar-refractivity contribution in [2.75, 3.05) is 7.11 Å². The number of methoxy groups -OCH3 is 1. The van der Waals surface area contributed by atoms with Gasteiger partial charge in [-0.25, -0.2) is 0 Å². The van der Waals surface area contributed by atoms with Crippen LogP contribution in [0.3, 0.4) is 0 Å². The number of phenolic OH excluding ortho intramolecular Hbond substituents is 1. The number of aryl methyl sites for hydroxylation is 1. The van der Waals surface area contributed by atoms with Crippen LogP contribution >= 0.6 is 0 Å². The van der Waals surface area contributed by atoms with Crippen molar-refractivity contribution < 1.29 is 22.8 Å². The molecule has 0 fully saturated rings. The topological polar surface area (TPSA) is 133 Å². The SMILES string of the molecule is COc1cc(N=Nc2cccc(S(=O)(=O)O)c2)ccc1N=Nc1ccc(O)c(C)c1.[Li]. The average molecular weight is 433 g/mol. The van der Waals surface area contributed by atoms with Gasteiger partial charge in [-0.1, -0.05) is 6.07 Å². The van der Waals surface area contributed by atoms with Crippen molar-refractivity contribution >= 4 is 51.7 Å². The van der Waals surface area contributed by atoms with E-state index in [0.717, 1.165) is 0 Å². The van der Waals surface area contributed by atoms with Gasteiger partial charge in [0, 0.05) is 24.9 Å². The molecule has 31 heavy (non-hydrogen) atoms. The summed E-state index contributed by atoms with van der Waals surface area (Å²) in [7, 11) is -2.84. The van der Waals surface area contributed by atoms with E-state index in [1.165, 1.54) is 25.3 Å². The van der Waals surface area contributed by atoms with E-state index in [4.69, 9.17) is 9.29 Å². The molecule has 0 saturated heterocycles. The molecule has 155 valence electrons. The fourth-order valence-corrected chi connectivity index (χ4v) is 2.97. The quantitative estimate of drug-likeness (QED) is 0.305. The number of azo groups is 2. The Labute approximate surface area is 191 Å². The summed E-state index contributed by atoms with van der Waals surface area (Å²) in [6.45, 7) is 1.76. The molecule has 9 nitrogen and oxygen atoms in total. The molecule has 1 radical (unpaired) electrons. The molecule has 0 bridgehead atoms. The predicted molar refractivity (Wildman–Crippen MR) is 116 cm³/mol. The van der Waals surface area contributed by atoms with Crippen LogP contribution in [0.4, 0.5) is 22.7 Å². The van der Waals surface area contributed by atoms with Gasteiger partial charge in [-0.05, 0) is 61.0 Å². The standard InChI is InChI=1S/C20H18N4O5S.Li/c1-13-10-15(7-9-19(13)25)23-24-18-8-6-16(12-20(18)29-2)22-21-14-4-3-5-17(11-14)30(26,27)28;/h3-12,25H,1-2H3,(H,26,27,28);. The second-order valence-corrected chi connectivity index (χ2v) is 7.62. The van der Waals surface area contributed by atoms with Crippen molar-refractivity contribution in [1.82, 2.24) is 0 Å². The molecule has 0 atom stereocenters. The molecule has 0 aliphatic rings. The molecule has 11 heteroatoms. The van der Waals surface area contributed by atoms with Gasteiger partial charge >= 0.3 is 0 Å². The summed E-state index contributed by atoms with van der Waals surface area (Å²) in [5, 5.41) is 25.9. The fraction of sp³-hybridized carbons (Fsp3) is 0.100. The second-order valence-electron chi connectivity index (χ2n) is 6.20. The number of hydrogen-bond donors (Lipinski definition) is 2. The van der Waals surface area contributed by atoms with Crippen molar-refractivity contribution in [2.45, 2.75) is 11.8 Å². The van der Waals surface area contributed by atoms with Gasteiger partial charge in [-0.15, -0.1) is 5.11 Å². The molecule has 3 rings (SSSR count). The van der Waals surface area contributed by atoms with Crippen LogP contribution in [-0.2, 0) is 10.1 Å². The molecule has 2 N–H and O–H groups in total. The maximum absolute atomic E-state index is 11.2. The Morgan fingerprint density at radius 3 is 2.10 bits per heavy atom. The third kappa shape index (κ3) is 6.47. The first kappa shape index (κ1) is 24.2. The van der Waals surface area contributed by atoms with Gasteiger partial charge in [0.15, 0.2) is 0 Å². The third-order valence-corrected chi connectivity index (χ3v) is 4.86. The van der Waals surface area contributed by atoms with Gasteiger partial charge in [0.2, 0.25) is 0 Å². The number of ether oxygens (including phenoxy) is 1. The van der Waals surface area contributed by atoms with Crippen LogP contribution < -0.4 is 4.74 Å². The Kier molecular flexibility index (Phi) is 8.07. The zero-order valence-electron chi connectivity index (χ0n) is 17.1. The van der Waals surface area contributed by atoms with Crippen molar-refractivity contribution in [3.05, 3.63) is 66.2 Å². The fourth-order valence-electron chi connectivity index (χ4n) is 2.45.